The first-order chi connectivity index (χ1) is 9.35. The zero-order valence-electron chi connectivity index (χ0n) is 11.9. The summed E-state index contributed by atoms with van der Waals surface area (Å²) in [4.78, 5) is 23.1. The van der Waals surface area contributed by atoms with E-state index in [1.165, 1.54) is 6.07 Å². The number of anilines is 1. The fourth-order valence-corrected chi connectivity index (χ4v) is 1.75. The Balaban J connectivity index is 2.84. The maximum Gasteiger partial charge on any atom is 0.312 e. The number of benzene rings is 1. The van der Waals surface area contributed by atoms with Crippen molar-refractivity contribution in [2.75, 3.05) is 5.32 Å². The van der Waals surface area contributed by atoms with Gasteiger partial charge in [-0.1, -0.05) is 26.3 Å². The highest BCUT2D eigenvalue weighted by molar-refractivity contribution is 5.97. The van der Waals surface area contributed by atoms with Gasteiger partial charge in [-0.3, -0.25) is 4.79 Å². The Morgan fingerprint density at radius 3 is 2.55 bits per heavy atom. The number of primary amides is 1. The molecule has 20 heavy (non-hydrogen) atoms. The van der Waals surface area contributed by atoms with Gasteiger partial charge >= 0.3 is 6.03 Å². The van der Waals surface area contributed by atoms with Crippen molar-refractivity contribution >= 4 is 17.6 Å². The lowest BCUT2D eigenvalue weighted by Gasteiger charge is -2.22. The smallest absolute Gasteiger partial charge is 0.312 e. The minimum absolute atomic E-state index is 0.0854. The molecule has 0 saturated carbocycles. The number of amides is 3. The molecule has 5 nitrogen and oxygen atoms in total. The predicted octanol–water partition coefficient (Wildman–Crippen LogP) is 2.16. The van der Waals surface area contributed by atoms with Gasteiger partial charge in [0, 0.05) is 5.69 Å². The topological polar surface area (TPSA) is 84.2 Å². The third-order valence-electron chi connectivity index (χ3n) is 3.23. The minimum atomic E-state index is -0.763. The highest BCUT2D eigenvalue weighted by Crippen LogP contribution is 2.15. The van der Waals surface area contributed by atoms with Crippen molar-refractivity contribution < 1.29 is 14.0 Å². The van der Waals surface area contributed by atoms with Gasteiger partial charge < -0.3 is 16.4 Å². The number of nitrogens with one attached hydrogen (secondary N) is 2. The molecule has 3 amide bonds. The van der Waals surface area contributed by atoms with Crippen molar-refractivity contribution in [2.24, 2.45) is 11.7 Å². The normalized spacial score (nSPS) is 13.4. The van der Waals surface area contributed by atoms with Crippen LogP contribution in [0.15, 0.2) is 18.2 Å². The fourth-order valence-electron chi connectivity index (χ4n) is 1.75. The number of rotatable bonds is 5. The standard InChI is InChI=1S/C14H20FN3O2/c1-4-8(2)12(18-14(16)20)13(19)17-10-6-5-9(3)11(15)7-10/h5-8,12H,4H2,1-3H3,(H,17,19)(H3,16,18,20)/t8-,12+/m1/s1. The van der Waals surface area contributed by atoms with Gasteiger partial charge in [0.1, 0.15) is 11.9 Å². The van der Waals surface area contributed by atoms with Crippen molar-refractivity contribution in [3.8, 4) is 0 Å². The first-order valence-corrected chi connectivity index (χ1v) is 6.48. The highest BCUT2D eigenvalue weighted by atomic mass is 19.1. The number of hydrogen-bond acceptors (Lipinski definition) is 2. The van der Waals surface area contributed by atoms with Crippen LogP contribution in [0.3, 0.4) is 0 Å². The lowest BCUT2D eigenvalue weighted by Crippen LogP contribution is -2.49. The second-order valence-electron chi connectivity index (χ2n) is 4.83. The van der Waals surface area contributed by atoms with Crippen LogP contribution in [-0.4, -0.2) is 18.0 Å². The summed E-state index contributed by atoms with van der Waals surface area (Å²) < 4.78 is 13.4. The summed E-state index contributed by atoms with van der Waals surface area (Å²) in [7, 11) is 0. The van der Waals surface area contributed by atoms with E-state index in [0.29, 0.717) is 17.7 Å². The first-order valence-electron chi connectivity index (χ1n) is 6.48. The molecule has 0 bridgehead atoms. The van der Waals surface area contributed by atoms with Crippen molar-refractivity contribution in [3.63, 3.8) is 0 Å². The molecule has 2 atom stereocenters. The Bertz CT molecular complexity index is 505. The third kappa shape index (κ3) is 4.22. The lowest BCUT2D eigenvalue weighted by atomic mass is 9.98. The van der Waals surface area contributed by atoms with E-state index in [1.807, 2.05) is 13.8 Å². The summed E-state index contributed by atoms with van der Waals surface area (Å²) in [5.74, 6) is -0.898. The van der Waals surface area contributed by atoms with E-state index in [0.717, 1.165) is 0 Å². The largest absolute Gasteiger partial charge is 0.352 e. The molecule has 0 heterocycles. The summed E-state index contributed by atoms with van der Waals surface area (Å²) >= 11 is 0. The average molecular weight is 281 g/mol. The van der Waals surface area contributed by atoms with Crippen LogP contribution in [0.25, 0.3) is 0 Å². The number of nitrogens with two attached hydrogens (primary N) is 1. The van der Waals surface area contributed by atoms with Gasteiger partial charge in [0.05, 0.1) is 0 Å². The van der Waals surface area contributed by atoms with Gasteiger partial charge in [-0.15, -0.1) is 0 Å². The summed E-state index contributed by atoms with van der Waals surface area (Å²) in [5.41, 5.74) is 5.91. The van der Waals surface area contributed by atoms with E-state index in [4.69, 9.17) is 5.73 Å². The molecule has 1 rings (SSSR count). The first kappa shape index (κ1) is 15.9. The van der Waals surface area contributed by atoms with E-state index >= 15 is 0 Å². The van der Waals surface area contributed by atoms with Crippen molar-refractivity contribution in [2.45, 2.75) is 33.2 Å². The SMILES string of the molecule is CC[C@@H](C)[C@H](NC(N)=O)C(=O)Nc1ccc(C)c(F)c1. The molecule has 0 aliphatic heterocycles. The van der Waals surface area contributed by atoms with Crippen molar-refractivity contribution in [3.05, 3.63) is 29.6 Å². The molecule has 1 aromatic carbocycles. The number of hydrogen-bond donors (Lipinski definition) is 3. The Morgan fingerprint density at radius 1 is 1.40 bits per heavy atom. The number of aryl methyl sites for hydroxylation is 1. The molecule has 0 aliphatic carbocycles. The Kier molecular flexibility index (Phi) is 5.49. The van der Waals surface area contributed by atoms with Crippen LogP contribution >= 0.6 is 0 Å². The molecule has 0 saturated heterocycles. The van der Waals surface area contributed by atoms with Crippen molar-refractivity contribution in [1.82, 2.24) is 5.32 Å². The second kappa shape index (κ2) is 6.88. The van der Waals surface area contributed by atoms with Crippen molar-refractivity contribution in [1.29, 1.82) is 0 Å². The summed E-state index contributed by atoms with van der Waals surface area (Å²) in [6.07, 6.45) is 0.695. The van der Waals surface area contributed by atoms with Crippen LogP contribution in [0.2, 0.25) is 0 Å². The molecule has 0 fully saturated rings. The molecule has 4 N–H and O–H groups in total. The van der Waals surface area contributed by atoms with Gasteiger partial charge in [0.25, 0.3) is 0 Å². The van der Waals surface area contributed by atoms with E-state index < -0.39 is 23.8 Å². The van der Waals surface area contributed by atoms with Crippen LogP contribution in [0.1, 0.15) is 25.8 Å². The Labute approximate surface area is 117 Å². The molecule has 0 spiro atoms. The van der Waals surface area contributed by atoms with Gasteiger partial charge in [0.2, 0.25) is 5.91 Å². The van der Waals surface area contributed by atoms with Crippen LogP contribution in [0.4, 0.5) is 14.9 Å². The zero-order valence-corrected chi connectivity index (χ0v) is 11.9. The van der Waals surface area contributed by atoms with Crippen LogP contribution in [0, 0.1) is 18.7 Å². The maximum absolute atomic E-state index is 13.4. The number of carbonyl (C=O) groups excluding carboxylic acids is 2. The summed E-state index contributed by atoms with van der Waals surface area (Å²) in [5, 5.41) is 4.99. The lowest BCUT2D eigenvalue weighted by molar-refractivity contribution is -0.119. The average Bonchev–Trinajstić information content (AvgIpc) is 2.39. The molecule has 0 radical (unpaired) electrons. The minimum Gasteiger partial charge on any atom is -0.352 e. The van der Waals surface area contributed by atoms with E-state index in [9.17, 15) is 14.0 Å². The van der Waals surface area contributed by atoms with Gasteiger partial charge in [-0.25, -0.2) is 9.18 Å². The second-order valence-corrected chi connectivity index (χ2v) is 4.83. The molecule has 110 valence electrons. The van der Waals surface area contributed by atoms with Gasteiger partial charge in [0.15, 0.2) is 0 Å². The Morgan fingerprint density at radius 2 is 2.05 bits per heavy atom. The fraction of sp³-hybridized carbons (Fsp3) is 0.429. The monoisotopic (exact) mass is 281 g/mol. The molecule has 1 aromatic rings. The van der Waals surface area contributed by atoms with Crippen LogP contribution < -0.4 is 16.4 Å². The molecule has 0 aromatic heterocycles. The van der Waals surface area contributed by atoms with E-state index in [2.05, 4.69) is 10.6 Å². The molecular weight excluding hydrogens is 261 g/mol. The number of halogens is 1. The highest BCUT2D eigenvalue weighted by Gasteiger charge is 2.25. The van der Waals surface area contributed by atoms with Crippen LogP contribution in [0.5, 0.6) is 0 Å². The quantitative estimate of drug-likeness (QED) is 0.772. The summed E-state index contributed by atoms with van der Waals surface area (Å²) in [6.45, 7) is 5.37. The Hall–Kier alpha value is -2.11. The predicted molar refractivity (Wildman–Crippen MR) is 75.7 cm³/mol. The maximum atomic E-state index is 13.4. The van der Waals surface area contributed by atoms with Gasteiger partial charge in [-0.2, -0.15) is 0 Å². The van der Waals surface area contributed by atoms with E-state index in [1.54, 1.807) is 19.1 Å². The number of urea groups is 1. The third-order valence-corrected chi connectivity index (χ3v) is 3.23. The van der Waals surface area contributed by atoms with Crippen LogP contribution in [-0.2, 0) is 4.79 Å². The number of carbonyl (C=O) groups is 2. The van der Waals surface area contributed by atoms with Gasteiger partial charge in [-0.05, 0) is 30.5 Å². The zero-order chi connectivity index (χ0) is 15.3. The molecule has 0 aliphatic rings. The molecule has 6 heteroatoms. The van der Waals surface area contributed by atoms with E-state index in [-0.39, 0.29) is 5.92 Å². The summed E-state index contributed by atoms with van der Waals surface area (Å²) in [6, 6.07) is 2.91. The molecule has 0 unspecified atom stereocenters. The molecular formula is C14H20FN3O2.